The maximum Gasteiger partial charge on any atom is 0.145 e. The van der Waals surface area contributed by atoms with E-state index in [9.17, 15) is 0 Å². The summed E-state index contributed by atoms with van der Waals surface area (Å²) < 4.78 is 0.771. The Morgan fingerprint density at radius 1 is 1.28 bits per heavy atom. The Bertz CT molecular complexity index is 389. The lowest BCUT2D eigenvalue weighted by atomic mass is 9.81. The van der Waals surface area contributed by atoms with Crippen molar-refractivity contribution in [3.8, 4) is 0 Å². The summed E-state index contributed by atoms with van der Waals surface area (Å²) in [6, 6.07) is 0. The van der Waals surface area contributed by atoms with Crippen LogP contribution in [0.15, 0.2) is 10.8 Å². The molecule has 1 heterocycles. The summed E-state index contributed by atoms with van der Waals surface area (Å²) in [6.07, 6.45) is 8.21. The van der Waals surface area contributed by atoms with Crippen LogP contribution < -0.4 is 11.1 Å². The molecule has 0 aromatic carbocycles. The van der Waals surface area contributed by atoms with Crippen LogP contribution in [0.3, 0.4) is 0 Å². The normalized spacial score (nSPS) is 23.9. The molecule has 1 fully saturated rings. The molecule has 0 amide bonds. The highest BCUT2D eigenvalue weighted by Crippen LogP contribution is 2.31. The van der Waals surface area contributed by atoms with Gasteiger partial charge in [0.2, 0.25) is 0 Å². The Labute approximate surface area is 117 Å². The number of nitrogen functional groups attached to an aromatic ring is 1. The van der Waals surface area contributed by atoms with Crippen molar-refractivity contribution in [2.45, 2.75) is 39.0 Å². The molecule has 1 aliphatic carbocycles. The van der Waals surface area contributed by atoms with Crippen LogP contribution in [0, 0.1) is 11.8 Å². The van der Waals surface area contributed by atoms with E-state index in [1.54, 1.807) is 0 Å². The van der Waals surface area contributed by atoms with E-state index in [-0.39, 0.29) is 0 Å². The predicted molar refractivity (Wildman–Crippen MR) is 78.4 cm³/mol. The Morgan fingerprint density at radius 2 is 1.94 bits per heavy atom. The van der Waals surface area contributed by atoms with Gasteiger partial charge in [0.05, 0.1) is 0 Å². The van der Waals surface area contributed by atoms with Gasteiger partial charge in [-0.25, -0.2) is 9.97 Å². The van der Waals surface area contributed by atoms with Gasteiger partial charge in [0.15, 0.2) is 0 Å². The molecular formula is C13H21BrN4. The molecule has 0 unspecified atom stereocenters. The largest absolute Gasteiger partial charge is 0.383 e. The fraction of sp³-hybridized carbons (Fsp3) is 0.692. The molecule has 1 aliphatic rings. The number of nitrogens with one attached hydrogen (secondary N) is 1. The SMILES string of the molecule is CCC1CCC(CNc2ncnc(N)c2Br)CC1. The smallest absolute Gasteiger partial charge is 0.145 e. The summed E-state index contributed by atoms with van der Waals surface area (Å²) in [4.78, 5) is 8.14. The third-order valence-electron chi connectivity index (χ3n) is 3.92. The standard InChI is InChI=1S/C13H21BrN4/c1-2-9-3-5-10(6-4-9)7-16-13-11(14)12(15)17-8-18-13/h8-10H,2-7H2,1H3,(H3,15,16,17,18). The van der Waals surface area contributed by atoms with Gasteiger partial charge in [-0.15, -0.1) is 0 Å². The van der Waals surface area contributed by atoms with Crippen molar-refractivity contribution in [1.29, 1.82) is 0 Å². The van der Waals surface area contributed by atoms with E-state index in [4.69, 9.17) is 5.73 Å². The highest BCUT2D eigenvalue weighted by molar-refractivity contribution is 9.10. The topological polar surface area (TPSA) is 63.8 Å². The average molecular weight is 313 g/mol. The number of nitrogens with zero attached hydrogens (tertiary/aromatic N) is 2. The number of nitrogens with two attached hydrogens (primary N) is 1. The molecule has 0 bridgehead atoms. The number of rotatable bonds is 4. The third kappa shape index (κ3) is 3.34. The van der Waals surface area contributed by atoms with Crippen LogP contribution in [-0.4, -0.2) is 16.5 Å². The molecule has 100 valence electrons. The quantitative estimate of drug-likeness (QED) is 0.893. The molecule has 2 rings (SSSR count). The van der Waals surface area contributed by atoms with Gasteiger partial charge in [-0.3, -0.25) is 0 Å². The van der Waals surface area contributed by atoms with Gasteiger partial charge in [-0.2, -0.15) is 0 Å². The lowest BCUT2D eigenvalue weighted by Crippen LogP contribution is -2.21. The van der Waals surface area contributed by atoms with Crippen LogP contribution in [0.25, 0.3) is 0 Å². The monoisotopic (exact) mass is 312 g/mol. The van der Waals surface area contributed by atoms with E-state index in [0.717, 1.165) is 28.7 Å². The minimum absolute atomic E-state index is 0.488. The molecule has 1 saturated carbocycles. The number of halogens is 1. The van der Waals surface area contributed by atoms with E-state index in [0.29, 0.717) is 5.82 Å². The third-order valence-corrected chi connectivity index (χ3v) is 4.70. The highest BCUT2D eigenvalue weighted by Gasteiger charge is 2.20. The summed E-state index contributed by atoms with van der Waals surface area (Å²) in [5, 5.41) is 3.38. The number of anilines is 2. The summed E-state index contributed by atoms with van der Waals surface area (Å²) >= 11 is 3.41. The zero-order chi connectivity index (χ0) is 13.0. The van der Waals surface area contributed by atoms with Gasteiger partial charge < -0.3 is 11.1 Å². The molecule has 1 aromatic heterocycles. The maximum atomic E-state index is 5.73. The van der Waals surface area contributed by atoms with Crippen LogP contribution >= 0.6 is 15.9 Å². The number of hydrogen-bond donors (Lipinski definition) is 2. The lowest BCUT2D eigenvalue weighted by molar-refractivity contribution is 0.278. The number of aromatic nitrogens is 2. The Hall–Kier alpha value is -0.840. The summed E-state index contributed by atoms with van der Waals surface area (Å²) in [7, 11) is 0. The van der Waals surface area contributed by atoms with Crippen molar-refractivity contribution < 1.29 is 0 Å². The van der Waals surface area contributed by atoms with Crippen LogP contribution in [0.5, 0.6) is 0 Å². The molecule has 0 saturated heterocycles. The van der Waals surface area contributed by atoms with Gasteiger partial charge >= 0.3 is 0 Å². The second-order valence-electron chi connectivity index (χ2n) is 5.10. The van der Waals surface area contributed by atoms with Crippen LogP contribution in [0.4, 0.5) is 11.6 Å². The van der Waals surface area contributed by atoms with Crippen molar-refractivity contribution in [1.82, 2.24) is 9.97 Å². The van der Waals surface area contributed by atoms with E-state index in [1.807, 2.05) is 0 Å². The first kappa shape index (κ1) is 13.6. The first-order chi connectivity index (χ1) is 8.70. The van der Waals surface area contributed by atoms with Gasteiger partial charge in [0, 0.05) is 6.54 Å². The van der Waals surface area contributed by atoms with Crippen LogP contribution in [0.2, 0.25) is 0 Å². The molecule has 5 heteroatoms. The van der Waals surface area contributed by atoms with Crippen molar-refractivity contribution >= 4 is 27.6 Å². The average Bonchev–Trinajstić information content (AvgIpc) is 2.41. The molecule has 0 aliphatic heterocycles. The van der Waals surface area contributed by atoms with Gasteiger partial charge in [-0.1, -0.05) is 26.2 Å². The van der Waals surface area contributed by atoms with Crippen molar-refractivity contribution in [2.24, 2.45) is 11.8 Å². The Morgan fingerprint density at radius 3 is 2.61 bits per heavy atom. The summed E-state index contributed by atoms with van der Waals surface area (Å²) in [5.74, 6) is 3.00. The van der Waals surface area contributed by atoms with Crippen LogP contribution in [-0.2, 0) is 0 Å². The van der Waals surface area contributed by atoms with Crippen molar-refractivity contribution in [3.63, 3.8) is 0 Å². The zero-order valence-corrected chi connectivity index (χ0v) is 12.4. The van der Waals surface area contributed by atoms with E-state index in [2.05, 4.69) is 38.1 Å². The predicted octanol–water partition coefficient (Wildman–Crippen LogP) is 3.45. The summed E-state index contributed by atoms with van der Waals surface area (Å²) in [6.45, 7) is 3.27. The molecule has 4 nitrogen and oxygen atoms in total. The second kappa shape index (κ2) is 6.36. The minimum Gasteiger partial charge on any atom is -0.383 e. The molecule has 1 aromatic rings. The Kier molecular flexibility index (Phi) is 4.80. The first-order valence-corrected chi connectivity index (χ1v) is 7.49. The van der Waals surface area contributed by atoms with E-state index < -0.39 is 0 Å². The van der Waals surface area contributed by atoms with E-state index in [1.165, 1.54) is 38.4 Å². The highest BCUT2D eigenvalue weighted by atomic mass is 79.9. The van der Waals surface area contributed by atoms with Crippen molar-refractivity contribution in [2.75, 3.05) is 17.6 Å². The second-order valence-corrected chi connectivity index (χ2v) is 5.89. The molecule has 3 N–H and O–H groups in total. The van der Waals surface area contributed by atoms with Gasteiger partial charge in [0.1, 0.15) is 22.4 Å². The fourth-order valence-electron chi connectivity index (χ4n) is 2.59. The van der Waals surface area contributed by atoms with E-state index >= 15 is 0 Å². The first-order valence-electron chi connectivity index (χ1n) is 6.70. The van der Waals surface area contributed by atoms with Crippen molar-refractivity contribution in [3.05, 3.63) is 10.8 Å². The van der Waals surface area contributed by atoms with Gasteiger partial charge in [0.25, 0.3) is 0 Å². The molecule has 18 heavy (non-hydrogen) atoms. The molecule has 0 spiro atoms. The maximum absolute atomic E-state index is 5.73. The lowest BCUT2D eigenvalue weighted by Gasteiger charge is -2.28. The van der Waals surface area contributed by atoms with Gasteiger partial charge in [-0.05, 0) is 40.6 Å². The molecule has 0 radical (unpaired) electrons. The minimum atomic E-state index is 0.488. The molecular weight excluding hydrogens is 292 g/mol. The fourth-order valence-corrected chi connectivity index (χ4v) is 2.94. The zero-order valence-electron chi connectivity index (χ0n) is 10.8. The van der Waals surface area contributed by atoms with Crippen LogP contribution in [0.1, 0.15) is 39.0 Å². The number of hydrogen-bond acceptors (Lipinski definition) is 4. The summed E-state index contributed by atoms with van der Waals surface area (Å²) in [5.41, 5.74) is 5.73. The molecule has 0 atom stereocenters. The Balaban J connectivity index is 1.83.